The van der Waals surface area contributed by atoms with Crippen molar-refractivity contribution in [1.82, 2.24) is 10.2 Å². The Balaban J connectivity index is 0.00000225. The molecule has 136 valence electrons. The maximum atomic E-state index is 5.86. The van der Waals surface area contributed by atoms with Crippen molar-refractivity contribution in [2.45, 2.75) is 26.0 Å². The Morgan fingerprint density at radius 3 is 2.28 bits per heavy atom. The smallest absolute Gasteiger partial charge is 0.119 e. The van der Waals surface area contributed by atoms with Crippen LogP contribution >= 0.6 is 12.4 Å². The van der Waals surface area contributed by atoms with Crippen LogP contribution in [0.2, 0.25) is 0 Å². The van der Waals surface area contributed by atoms with E-state index in [-0.39, 0.29) is 12.4 Å². The second-order valence-electron chi connectivity index (χ2n) is 6.70. The zero-order valence-electron chi connectivity index (χ0n) is 15.0. The monoisotopic (exact) mass is 360 g/mol. The van der Waals surface area contributed by atoms with Crippen molar-refractivity contribution in [3.8, 4) is 5.75 Å². The van der Waals surface area contributed by atoms with Crippen molar-refractivity contribution in [2.24, 2.45) is 5.92 Å². The molecule has 1 heterocycles. The minimum Gasteiger partial charge on any atom is -0.489 e. The summed E-state index contributed by atoms with van der Waals surface area (Å²) in [5.74, 6) is 1.79. The lowest BCUT2D eigenvalue weighted by molar-refractivity contribution is 0.176. The van der Waals surface area contributed by atoms with E-state index in [1.807, 2.05) is 25.2 Å². The number of rotatable bonds is 7. The molecule has 0 radical (unpaired) electrons. The average molecular weight is 361 g/mol. The summed E-state index contributed by atoms with van der Waals surface area (Å²) in [6.07, 6.45) is 2.61. The number of likely N-dealkylation sites (tertiary alicyclic amines) is 1. The van der Waals surface area contributed by atoms with Crippen LogP contribution in [0.5, 0.6) is 5.75 Å². The molecule has 0 aliphatic carbocycles. The molecule has 1 aliphatic heterocycles. The Morgan fingerprint density at radius 1 is 0.960 bits per heavy atom. The lowest BCUT2D eigenvalue weighted by Gasteiger charge is -2.31. The molecule has 1 saturated heterocycles. The van der Waals surface area contributed by atoms with Gasteiger partial charge in [-0.15, -0.1) is 12.4 Å². The molecule has 2 aromatic carbocycles. The van der Waals surface area contributed by atoms with Gasteiger partial charge in [0.05, 0.1) is 0 Å². The zero-order chi connectivity index (χ0) is 16.6. The second kappa shape index (κ2) is 10.4. The molecular weight excluding hydrogens is 332 g/mol. The molecule has 0 spiro atoms. The molecule has 1 N–H and O–H groups in total. The van der Waals surface area contributed by atoms with Gasteiger partial charge in [0.2, 0.25) is 0 Å². The van der Waals surface area contributed by atoms with Crippen LogP contribution in [0.4, 0.5) is 0 Å². The molecule has 0 bridgehead atoms. The van der Waals surface area contributed by atoms with Crippen LogP contribution in [0.3, 0.4) is 0 Å². The van der Waals surface area contributed by atoms with E-state index >= 15 is 0 Å². The summed E-state index contributed by atoms with van der Waals surface area (Å²) < 4.78 is 5.86. The third-order valence-corrected chi connectivity index (χ3v) is 4.78. The SMILES string of the molecule is CNCC1CCN(Cc2ccc(OCc3ccccc3)cc2)CC1.Cl. The van der Waals surface area contributed by atoms with E-state index in [2.05, 4.69) is 46.6 Å². The van der Waals surface area contributed by atoms with Gasteiger partial charge in [0.1, 0.15) is 12.4 Å². The van der Waals surface area contributed by atoms with E-state index in [0.717, 1.165) is 24.8 Å². The Hall–Kier alpha value is -1.55. The lowest BCUT2D eigenvalue weighted by Crippen LogP contribution is -2.36. The van der Waals surface area contributed by atoms with E-state index in [1.54, 1.807) is 0 Å². The molecule has 4 heteroatoms. The molecule has 3 nitrogen and oxygen atoms in total. The standard InChI is InChI=1S/C21H28N2O.ClH/c1-22-15-18-11-13-23(14-12-18)16-19-7-9-21(10-8-19)24-17-20-5-3-2-4-6-20;/h2-10,18,22H,11-17H2,1H3;1H. The van der Waals surface area contributed by atoms with Crippen LogP contribution in [-0.2, 0) is 13.2 Å². The van der Waals surface area contributed by atoms with Crippen LogP contribution in [0, 0.1) is 5.92 Å². The minimum absolute atomic E-state index is 0. The molecule has 3 rings (SSSR count). The van der Waals surface area contributed by atoms with Crippen molar-refractivity contribution in [3.63, 3.8) is 0 Å². The highest BCUT2D eigenvalue weighted by molar-refractivity contribution is 5.85. The maximum absolute atomic E-state index is 5.86. The van der Waals surface area contributed by atoms with Gasteiger partial charge in [0.15, 0.2) is 0 Å². The van der Waals surface area contributed by atoms with Crippen LogP contribution in [0.1, 0.15) is 24.0 Å². The number of nitrogens with one attached hydrogen (secondary N) is 1. The first-order chi connectivity index (χ1) is 11.8. The second-order valence-corrected chi connectivity index (χ2v) is 6.70. The number of piperidine rings is 1. The van der Waals surface area contributed by atoms with Gasteiger partial charge in [-0.2, -0.15) is 0 Å². The van der Waals surface area contributed by atoms with Gasteiger partial charge in [0, 0.05) is 6.54 Å². The predicted octanol–water partition coefficient (Wildman–Crippen LogP) is 4.12. The summed E-state index contributed by atoms with van der Waals surface area (Å²) in [5.41, 5.74) is 2.57. The number of nitrogens with zero attached hydrogens (tertiary/aromatic N) is 1. The topological polar surface area (TPSA) is 24.5 Å². The van der Waals surface area contributed by atoms with Gasteiger partial charge in [-0.3, -0.25) is 4.90 Å². The highest BCUT2D eigenvalue weighted by Crippen LogP contribution is 2.20. The highest BCUT2D eigenvalue weighted by Gasteiger charge is 2.18. The van der Waals surface area contributed by atoms with Crippen LogP contribution in [0.25, 0.3) is 0 Å². The van der Waals surface area contributed by atoms with E-state index in [0.29, 0.717) is 6.61 Å². The molecular formula is C21H29ClN2O. The molecule has 0 amide bonds. The summed E-state index contributed by atoms with van der Waals surface area (Å²) in [4.78, 5) is 2.56. The Bertz CT molecular complexity index is 595. The van der Waals surface area contributed by atoms with E-state index in [4.69, 9.17) is 4.74 Å². The largest absolute Gasteiger partial charge is 0.489 e. The first-order valence-electron chi connectivity index (χ1n) is 8.96. The van der Waals surface area contributed by atoms with Crippen molar-refractivity contribution >= 4 is 12.4 Å². The summed E-state index contributed by atoms with van der Waals surface area (Å²) in [6.45, 7) is 5.24. The van der Waals surface area contributed by atoms with Crippen molar-refractivity contribution in [1.29, 1.82) is 0 Å². The van der Waals surface area contributed by atoms with Crippen LogP contribution < -0.4 is 10.1 Å². The number of hydrogen-bond acceptors (Lipinski definition) is 3. The molecule has 0 saturated carbocycles. The zero-order valence-corrected chi connectivity index (χ0v) is 15.8. The molecule has 1 fully saturated rings. The lowest BCUT2D eigenvalue weighted by atomic mass is 9.96. The highest BCUT2D eigenvalue weighted by atomic mass is 35.5. The van der Waals surface area contributed by atoms with Crippen LogP contribution in [0.15, 0.2) is 54.6 Å². The first-order valence-corrected chi connectivity index (χ1v) is 8.96. The fraction of sp³-hybridized carbons (Fsp3) is 0.429. The van der Waals surface area contributed by atoms with E-state index < -0.39 is 0 Å². The number of halogens is 1. The first kappa shape index (κ1) is 19.8. The molecule has 25 heavy (non-hydrogen) atoms. The van der Waals surface area contributed by atoms with Crippen molar-refractivity contribution in [2.75, 3.05) is 26.7 Å². The minimum atomic E-state index is 0. The number of ether oxygens (including phenoxy) is 1. The summed E-state index contributed by atoms with van der Waals surface area (Å²) in [6, 6.07) is 18.9. The number of hydrogen-bond donors (Lipinski definition) is 1. The van der Waals surface area contributed by atoms with Gasteiger partial charge in [0.25, 0.3) is 0 Å². The van der Waals surface area contributed by atoms with Gasteiger partial charge in [-0.1, -0.05) is 42.5 Å². The third kappa shape index (κ3) is 6.35. The van der Waals surface area contributed by atoms with Crippen molar-refractivity contribution < 1.29 is 4.74 Å². The Labute approximate surface area is 157 Å². The molecule has 1 aliphatic rings. The summed E-state index contributed by atoms with van der Waals surface area (Å²) in [5, 5.41) is 3.30. The Morgan fingerprint density at radius 2 is 1.64 bits per heavy atom. The molecule has 2 aromatic rings. The van der Waals surface area contributed by atoms with Crippen LogP contribution in [-0.4, -0.2) is 31.6 Å². The average Bonchev–Trinajstić information content (AvgIpc) is 2.64. The van der Waals surface area contributed by atoms with Crippen molar-refractivity contribution in [3.05, 3.63) is 65.7 Å². The fourth-order valence-corrected chi connectivity index (χ4v) is 3.33. The Kier molecular flexibility index (Phi) is 8.26. The van der Waals surface area contributed by atoms with E-state index in [9.17, 15) is 0 Å². The molecule has 0 atom stereocenters. The summed E-state index contributed by atoms with van der Waals surface area (Å²) >= 11 is 0. The van der Waals surface area contributed by atoms with Gasteiger partial charge < -0.3 is 10.1 Å². The molecule has 0 aromatic heterocycles. The third-order valence-electron chi connectivity index (χ3n) is 4.78. The predicted molar refractivity (Wildman–Crippen MR) is 106 cm³/mol. The quantitative estimate of drug-likeness (QED) is 0.803. The fourth-order valence-electron chi connectivity index (χ4n) is 3.33. The number of benzene rings is 2. The maximum Gasteiger partial charge on any atom is 0.119 e. The molecule has 0 unspecified atom stereocenters. The summed E-state index contributed by atoms with van der Waals surface area (Å²) in [7, 11) is 2.05. The van der Waals surface area contributed by atoms with Gasteiger partial charge in [-0.25, -0.2) is 0 Å². The van der Waals surface area contributed by atoms with Gasteiger partial charge in [-0.05, 0) is 68.7 Å². The normalized spacial score (nSPS) is 15.6. The van der Waals surface area contributed by atoms with E-state index in [1.165, 1.54) is 37.1 Å². The van der Waals surface area contributed by atoms with Gasteiger partial charge >= 0.3 is 0 Å².